The molecular weight excluding hydrogens is 222 g/mol. The Labute approximate surface area is 109 Å². The van der Waals surface area contributed by atoms with E-state index in [9.17, 15) is 5.11 Å². The molecule has 2 N–H and O–H groups in total. The zero-order chi connectivity index (χ0) is 12.4. The first-order valence-corrected chi connectivity index (χ1v) is 7.27. The zero-order valence-corrected chi connectivity index (χ0v) is 11.0. The van der Waals surface area contributed by atoms with Gasteiger partial charge in [0.1, 0.15) is 0 Å². The highest BCUT2D eigenvalue weighted by atomic mass is 16.3. The van der Waals surface area contributed by atoms with Crippen molar-refractivity contribution in [3.63, 3.8) is 0 Å². The van der Waals surface area contributed by atoms with E-state index in [1.54, 1.807) is 0 Å². The normalized spacial score (nSPS) is 25.9. The first-order valence-electron chi connectivity index (χ1n) is 7.27. The lowest BCUT2D eigenvalue weighted by Gasteiger charge is -2.23. The van der Waals surface area contributed by atoms with E-state index >= 15 is 0 Å². The van der Waals surface area contributed by atoms with E-state index in [2.05, 4.69) is 29.6 Å². The van der Waals surface area contributed by atoms with Crippen molar-refractivity contribution in [1.29, 1.82) is 0 Å². The number of aliphatic hydroxyl groups is 1. The number of hydrogen-bond donors (Lipinski definition) is 2. The molecule has 18 heavy (non-hydrogen) atoms. The Balaban J connectivity index is 1.62. The van der Waals surface area contributed by atoms with Crippen molar-refractivity contribution < 1.29 is 5.11 Å². The minimum Gasteiger partial charge on any atom is -0.390 e. The molecule has 2 heteroatoms. The van der Waals surface area contributed by atoms with E-state index in [-0.39, 0.29) is 5.60 Å². The van der Waals surface area contributed by atoms with Crippen LogP contribution in [-0.4, -0.2) is 23.3 Å². The Kier molecular flexibility index (Phi) is 3.40. The van der Waals surface area contributed by atoms with Gasteiger partial charge in [-0.2, -0.15) is 0 Å². The highest BCUT2D eigenvalue weighted by Gasteiger charge is 2.40. The molecule has 2 fully saturated rings. The molecule has 1 aliphatic heterocycles. The molecular formula is C16H23NO. The molecule has 1 heterocycles. The van der Waals surface area contributed by atoms with E-state index in [4.69, 9.17) is 0 Å². The minimum atomic E-state index is -0.373. The molecule has 98 valence electrons. The Morgan fingerprint density at radius 3 is 2.78 bits per heavy atom. The summed E-state index contributed by atoms with van der Waals surface area (Å²) in [5.41, 5.74) is 2.33. The maximum Gasteiger partial charge on any atom is 0.0690 e. The van der Waals surface area contributed by atoms with Crippen molar-refractivity contribution in [1.82, 2.24) is 5.32 Å². The fourth-order valence-corrected chi connectivity index (χ4v) is 2.95. The highest BCUT2D eigenvalue weighted by molar-refractivity contribution is 5.26. The maximum atomic E-state index is 9.98. The van der Waals surface area contributed by atoms with Crippen molar-refractivity contribution in [2.75, 3.05) is 6.54 Å². The number of piperidine rings is 1. The second kappa shape index (κ2) is 5.02. The predicted octanol–water partition coefficient (Wildman–Crippen LogP) is 2.44. The van der Waals surface area contributed by atoms with Gasteiger partial charge in [-0.1, -0.05) is 30.7 Å². The van der Waals surface area contributed by atoms with Gasteiger partial charge < -0.3 is 10.4 Å². The minimum absolute atomic E-state index is 0.373. The molecule has 3 rings (SSSR count). The lowest BCUT2D eigenvalue weighted by atomic mass is 9.95. The van der Waals surface area contributed by atoms with Crippen LogP contribution in [0.1, 0.15) is 43.2 Å². The summed E-state index contributed by atoms with van der Waals surface area (Å²) in [6, 6.07) is 9.44. The summed E-state index contributed by atoms with van der Waals surface area (Å²) < 4.78 is 0. The molecule has 2 nitrogen and oxygen atoms in total. The van der Waals surface area contributed by atoms with Gasteiger partial charge >= 0.3 is 0 Å². The van der Waals surface area contributed by atoms with Gasteiger partial charge in [-0.3, -0.25) is 0 Å². The molecule has 0 aromatic heterocycles. The Bertz CT molecular complexity index is 405. The maximum absolute atomic E-state index is 9.98. The zero-order valence-electron chi connectivity index (χ0n) is 11.0. The summed E-state index contributed by atoms with van der Waals surface area (Å²) >= 11 is 0. The van der Waals surface area contributed by atoms with Crippen LogP contribution in [-0.2, 0) is 12.8 Å². The predicted molar refractivity (Wildman–Crippen MR) is 73.7 cm³/mol. The van der Waals surface area contributed by atoms with Gasteiger partial charge in [0.05, 0.1) is 5.60 Å². The first-order chi connectivity index (χ1) is 8.73. The van der Waals surface area contributed by atoms with Crippen LogP contribution in [0.3, 0.4) is 0 Å². The van der Waals surface area contributed by atoms with Gasteiger partial charge in [0.15, 0.2) is 0 Å². The topological polar surface area (TPSA) is 32.3 Å². The van der Waals surface area contributed by atoms with E-state index < -0.39 is 0 Å². The van der Waals surface area contributed by atoms with E-state index in [0.29, 0.717) is 6.04 Å². The lowest BCUT2D eigenvalue weighted by Crippen LogP contribution is -2.35. The van der Waals surface area contributed by atoms with Crippen molar-refractivity contribution in [3.05, 3.63) is 35.4 Å². The van der Waals surface area contributed by atoms with Gasteiger partial charge in [-0.25, -0.2) is 0 Å². The summed E-state index contributed by atoms with van der Waals surface area (Å²) in [6.45, 7) is 1.17. The van der Waals surface area contributed by atoms with Gasteiger partial charge in [-0.05, 0) is 49.8 Å². The Morgan fingerprint density at radius 2 is 2.06 bits per heavy atom. The Hall–Kier alpha value is -0.860. The number of benzene rings is 1. The largest absolute Gasteiger partial charge is 0.390 e. The molecule has 0 amide bonds. The van der Waals surface area contributed by atoms with Crippen LogP contribution in [0.4, 0.5) is 0 Å². The number of rotatable bonds is 4. The van der Waals surface area contributed by atoms with E-state index in [1.807, 2.05) is 0 Å². The lowest BCUT2D eigenvalue weighted by molar-refractivity contribution is 0.151. The third-order valence-corrected chi connectivity index (χ3v) is 4.25. The molecule has 1 unspecified atom stereocenters. The van der Waals surface area contributed by atoms with Gasteiger partial charge in [0.25, 0.3) is 0 Å². The summed E-state index contributed by atoms with van der Waals surface area (Å²) in [7, 11) is 0. The monoisotopic (exact) mass is 245 g/mol. The van der Waals surface area contributed by atoms with Crippen molar-refractivity contribution >= 4 is 0 Å². The quantitative estimate of drug-likeness (QED) is 0.854. The van der Waals surface area contributed by atoms with Crippen LogP contribution in [0.2, 0.25) is 0 Å². The van der Waals surface area contributed by atoms with Crippen LogP contribution >= 0.6 is 0 Å². The Morgan fingerprint density at radius 1 is 1.22 bits per heavy atom. The molecule has 1 aromatic rings. The van der Waals surface area contributed by atoms with Crippen molar-refractivity contribution in [2.24, 2.45) is 0 Å². The third-order valence-electron chi connectivity index (χ3n) is 4.25. The smallest absolute Gasteiger partial charge is 0.0690 e. The third kappa shape index (κ3) is 3.12. The molecule has 0 spiro atoms. The summed E-state index contributed by atoms with van der Waals surface area (Å²) in [5, 5.41) is 13.6. The van der Waals surface area contributed by atoms with Gasteiger partial charge in [-0.15, -0.1) is 0 Å². The average Bonchev–Trinajstić information content (AvgIpc) is 3.08. The van der Waals surface area contributed by atoms with Crippen LogP contribution in [0.25, 0.3) is 0 Å². The fourth-order valence-electron chi connectivity index (χ4n) is 2.95. The second-order valence-electron chi connectivity index (χ2n) is 6.07. The van der Waals surface area contributed by atoms with Crippen LogP contribution in [0.5, 0.6) is 0 Å². The molecule has 0 radical (unpaired) electrons. The number of nitrogens with one attached hydrogen (secondary N) is 1. The first kappa shape index (κ1) is 12.2. The summed E-state index contributed by atoms with van der Waals surface area (Å²) in [6.07, 6.45) is 7.89. The van der Waals surface area contributed by atoms with Crippen LogP contribution in [0.15, 0.2) is 24.3 Å². The van der Waals surface area contributed by atoms with Crippen LogP contribution in [0, 0.1) is 0 Å². The fraction of sp³-hybridized carbons (Fsp3) is 0.625. The molecule has 1 aromatic carbocycles. The SMILES string of the molecule is OC1(Cc2cccc(CC3CCCCN3)c2)CC1. The standard InChI is InChI=1S/C16H23NO/c18-16(7-8-16)12-14-5-3-4-13(10-14)11-15-6-1-2-9-17-15/h3-5,10,15,17-18H,1-2,6-9,11-12H2. The van der Waals surface area contributed by atoms with Gasteiger partial charge in [0, 0.05) is 12.5 Å². The molecule has 1 atom stereocenters. The average molecular weight is 245 g/mol. The molecule has 1 saturated carbocycles. The van der Waals surface area contributed by atoms with E-state index in [0.717, 1.165) is 25.7 Å². The second-order valence-corrected chi connectivity index (χ2v) is 6.07. The summed E-state index contributed by atoms with van der Waals surface area (Å²) in [4.78, 5) is 0. The molecule has 1 saturated heterocycles. The van der Waals surface area contributed by atoms with Crippen LogP contribution < -0.4 is 5.32 Å². The highest BCUT2D eigenvalue weighted by Crippen LogP contribution is 2.38. The molecule has 0 bridgehead atoms. The van der Waals surface area contributed by atoms with Crippen molar-refractivity contribution in [2.45, 2.75) is 56.6 Å². The summed E-state index contributed by atoms with van der Waals surface area (Å²) in [5.74, 6) is 0. The van der Waals surface area contributed by atoms with Gasteiger partial charge in [0.2, 0.25) is 0 Å². The van der Waals surface area contributed by atoms with Crippen molar-refractivity contribution in [3.8, 4) is 0 Å². The molecule has 1 aliphatic carbocycles. The number of hydrogen-bond acceptors (Lipinski definition) is 2. The molecule has 2 aliphatic rings. The van der Waals surface area contributed by atoms with E-state index in [1.165, 1.54) is 36.9 Å².